The van der Waals surface area contributed by atoms with Gasteiger partial charge < -0.3 is 32.3 Å². The molecule has 0 fully saturated rings. The Morgan fingerprint density at radius 2 is 1.81 bits per heavy atom. The molecule has 0 saturated heterocycles. The zero-order valence-corrected chi connectivity index (χ0v) is 17.3. The molecule has 2 aromatic carbocycles. The number of hydrogen-bond donors (Lipinski definition) is 6. The third-order valence-electron chi connectivity index (χ3n) is 4.50. The van der Waals surface area contributed by atoms with Crippen LogP contribution in [0.3, 0.4) is 0 Å². The summed E-state index contributed by atoms with van der Waals surface area (Å²) in [6, 6.07) is 8.12. The molecule has 8 N–H and O–H groups in total. The Hall–Kier alpha value is -4.12. The van der Waals surface area contributed by atoms with Crippen LogP contribution in [0.15, 0.2) is 36.4 Å². The maximum absolute atomic E-state index is 12.4. The van der Waals surface area contributed by atoms with Crippen LogP contribution in [0.2, 0.25) is 5.02 Å². The van der Waals surface area contributed by atoms with Crippen LogP contribution in [-0.4, -0.2) is 44.1 Å². The van der Waals surface area contributed by atoms with E-state index in [9.17, 15) is 14.4 Å². The molecule has 0 aliphatic rings. The van der Waals surface area contributed by atoms with Crippen LogP contribution in [0, 0.1) is 0 Å². The molecule has 12 heteroatoms. The number of carbonyl (C=O) groups excluding carboxylic acids is 1. The second-order valence-electron chi connectivity index (χ2n) is 6.83. The number of nitrogens with zero attached hydrogens (tertiary/aromatic N) is 2. The van der Waals surface area contributed by atoms with E-state index in [-0.39, 0.29) is 17.3 Å². The standard InChI is InChI=1S/C20H19ClN6O5/c21-12-3-2-10(18(30)25-15(19(31)32)7-16(28)29)6-14(12)24-8-9-1-4-13-11(5-9)17(22)27-20(23)26-13/h1-6,15,24H,7-8H2,(H,25,30)(H,28,29)(H,31,32)(H4,22,23,26,27). The minimum absolute atomic E-state index is 0.0799. The van der Waals surface area contributed by atoms with Crippen molar-refractivity contribution in [2.45, 2.75) is 19.0 Å². The fourth-order valence-electron chi connectivity index (χ4n) is 2.94. The van der Waals surface area contributed by atoms with E-state index in [1.807, 2.05) is 6.07 Å². The number of aliphatic carboxylic acids is 2. The van der Waals surface area contributed by atoms with Gasteiger partial charge in [-0.3, -0.25) is 9.59 Å². The van der Waals surface area contributed by atoms with Crippen LogP contribution in [-0.2, 0) is 16.1 Å². The Bertz CT molecular complexity index is 1220. The number of halogens is 1. The van der Waals surface area contributed by atoms with Crippen molar-refractivity contribution in [3.05, 3.63) is 52.5 Å². The van der Waals surface area contributed by atoms with E-state index in [4.69, 9.17) is 33.3 Å². The lowest BCUT2D eigenvalue weighted by molar-refractivity contribution is -0.145. The molecule has 0 saturated carbocycles. The Morgan fingerprint density at radius 3 is 2.50 bits per heavy atom. The number of benzene rings is 2. The quantitative estimate of drug-likeness (QED) is 0.289. The second-order valence-corrected chi connectivity index (χ2v) is 7.24. The molecule has 1 atom stereocenters. The van der Waals surface area contributed by atoms with E-state index < -0.39 is 30.3 Å². The summed E-state index contributed by atoms with van der Waals surface area (Å²) in [7, 11) is 0. The maximum atomic E-state index is 12.4. The molecule has 1 heterocycles. The second kappa shape index (κ2) is 9.35. The van der Waals surface area contributed by atoms with Gasteiger partial charge in [-0.2, -0.15) is 4.98 Å². The number of nitrogen functional groups attached to an aromatic ring is 2. The lowest BCUT2D eigenvalue weighted by atomic mass is 10.1. The van der Waals surface area contributed by atoms with Crippen LogP contribution < -0.4 is 22.1 Å². The smallest absolute Gasteiger partial charge is 0.326 e. The Kier molecular flexibility index (Phi) is 6.59. The zero-order chi connectivity index (χ0) is 23.4. The fourth-order valence-corrected chi connectivity index (χ4v) is 3.13. The highest BCUT2D eigenvalue weighted by Crippen LogP contribution is 2.25. The molecule has 32 heavy (non-hydrogen) atoms. The summed E-state index contributed by atoms with van der Waals surface area (Å²) in [4.78, 5) is 42.5. The van der Waals surface area contributed by atoms with E-state index in [1.165, 1.54) is 18.2 Å². The molecule has 0 aliphatic heterocycles. The first-order valence-electron chi connectivity index (χ1n) is 9.24. The van der Waals surface area contributed by atoms with Crippen molar-refractivity contribution in [1.82, 2.24) is 15.3 Å². The van der Waals surface area contributed by atoms with Gasteiger partial charge in [0, 0.05) is 17.5 Å². The normalized spacial score (nSPS) is 11.7. The predicted octanol–water partition coefficient (Wildman–Crippen LogP) is 1.72. The van der Waals surface area contributed by atoms with Crippen molar-refractivity contribution in [1.29, 1.82) is 0 Å². The van der Waals surface area contributed by atoms with Gasteiger partial charge in [0.25, 0.3) is 5.91 Å². The van der Waals surface area contributed by atoms with Gasteiger partial charge in [0.2, 0.25) is 5.95 Å². The summed E-state index contributed by atoms with van der Waals surface area (Å²) in [6.07, 6.45) is -0.750. The minimum atomic E-state index is -1.56. The Labute approximate surface area is 186 Å². The third-order valence-corrected chi connectivity index (χ3v) is 4.83. The van der Waals surface area contributed by atoms with Gasteiger partial charge in [-0.05, 0) is 35.9 Å². The molecule has 0 aliphatic carbocycles. The Balaban J connectivity index is 1.76. The number of amides is 1. The van der Waals surface area contributed by atoms with Gasteiger partial charge in [-0.1, -0.05) is 17.7 Å². The monoisotopic (exact) mass is 458 g/mol. The third kappa shape index (κ3) is 5.32. The van der Waals surface area contributed by atoms with Crippen LogP contribution in [0.5, 0.6) is 0 Å². The molecule has 1 aromatic heterocycles. The number of carbonyl (C=O) groups is 3. The fraction of sp³-hybridized carbons (Fsp3) is 0.150. The minimum Gasteiger partial charge on any atom is -0.481 e. The van der Waals surface area contributed by atoms with Crippen molar-refractivity contribution in [3.63, 3.8) is 0 Å². The summed E-state index contributed by atoms with van der Waals surface area (Å²) in [6.45, 7) is 0.321. The van der Waals surface area contributed by atoms with E-state index in [1.54, 1.807) is 12.1 Å². The van der Waals surface area contributed by atoms with Gasteiger partial charge >= 0.3 is 11.9 Å². The van der Waals surface area contributed by atoms with Gasteiger partial charge in [-0.25, -0.2) is 9.78 Å². The summed E-state index contributed by atoms with van der Waals surface area (Å²) < 4.78 is 0. The largest absolute Gasteiger partial charge is 0.481 e. The summed E-state index contributed by atoms with van der Waals surface area (Å²) >= 11 is 6.21. The van der Waals surface area contributed by atoms with Crippen LogP contribution >= 0.6 is 11.6 Å². The number of nitrogens with two attached hydrogens (primary N) is 2. The number of fused-ring (bicyclic) bond motifs is 1. The first-order chi connectivity index (χ1) is 15.1. The number of nitrogens with one attached hydrogen (secondary N) is 2. The lowest BCUT2D eigenvalue weighted by Gasteiger charge is -2.14. The molecular weight excluding hydrogens is 440 g/mol. The molecular formula is C20H19ClN6O5. The zero-order valence-electron chi connectivity index (χ0n) is 16.5. The number of carboxylic acids is 2. The lowest BCUT2D eigenvalue weighted by Crippen LogP contribution is -2.42. The number of aromatic nitrogens is 2. The molecule has 1 amide bonds. The summed E-state index contributed by atoms with van der Waals surface area (Å²) in [5.41, 5.74) is 13.5. The van der Waals surface area contributed by atoms with Crippen molar-refractivity contribution >= 4 is 57.8 Å². The van der Waals surface area contributed by atoms with Gasteiger partial charge in [0.05, 0.1) is 22.6 Å². The average Bonchev–Trinajstić information content (AvgIpc) is 2.72. The van der Waals surface area contributed by atoms with Crippen LogP contribution in [0.1, 0.15) is 22.3 Å². The molecule has 11 nitrogen and oxygen atoms in total. The molecule has 0 bridgehead atoms. The number of carboxylic acid groups (broad SMARTS) is 2. The number of anilines is 3. The van der Waals surface area contributed by atoms with Crippen LogP contribution in [0.4, 0.5) is 17.5 Å². The number of hydrogen-bond acceptors (Lipinski definition) is 8. The SMILES string of the molecule is Nc1nc(N)c2cc(CNc3cc(C(=O)NC(CC(=O)O)C(=O)O)ccc3Cl)ccc2n1. The molecule has 1 unspecified atom stereocenters. The summed E-state index contributed by atoms with van der Waals surface area (Å²) in [5, 5.41) is 24.2. The van der Waals surface area contributed by atoms with E-state index in [0.29, 0.717) is 28.2 Å². The molecule has 3 rings (SSSR count). The van der Waals surface area contributed by atoms with Crippen molar-refractivity contribution in [2.75, 3.05) is 16.8 Å². The van der Waals surface area contributed by atoms with Crippen molar-refractivity contribution in [3.8, 4) is 0 Å². The summed E-state index contributed by atoms with van der Waals surface area (Å²) in [5.74, 6) is -3.21. The first kappa shape index (κ1) is 22.6. The topological polar surface area (TPSA) is 194 Å². The van der Waals surface area contributed by atoms with E-state index in [0.717, 1.165) is 5.56 Å². The average molecular weight is 459 g/mol. The molecule has 0 spiro atoms. The van der Waals surface area contributed by atoms with Crippen LogP contribution in [0.25, 0.3) is 10.9 Å². The highest BCUT2D eigenvalue weighted by molar-refractivity contribution is 6.33. The highest BCUT2D eigenvalue weighted by Gasteiger charge is 2.23. The Morgan fingerprint density at radius 1 is 1.06 bits per heavy atom. The van der Waals surface area contributed by atoms with E-state index >= 15 is 0 Å². The molecule has 0 radical (unpaired) electrons. The van der Waals surface area contributed by atoms with Gasteiger partial charge in [0.15, 0.2) is 0 Å². The van der Waals surface area contributed by atoms with Crippen molar-refractivity contribution in [2.24, 2.45) is 0 Å². The first-order valence-corrected chi connectivity index (χ1v) is 9.62. The van der Waals surface area contributed by atoms with Gasteiger partial charge in [0.1, 0.15) is 11.9 Å². The maximum Gasteiger partial charge on any atom is 0.326 e. The molecule has 166 valence electrons. The van der Waals surface area contributed by atoms with E-state index in [2.05, 4.69) is 20.6 Å². The van der Waals surface area contributed by atoms with Gasteiger partial charge in [-0.15, -0.1) is 0 Å². The van der Waals surface area contributed by atoms with Crippen molar-refractivity contribution < 1.29 is 24.6 Å². The highest BCUT2D eigenvalue weighted by atomic mass is 35.5. The predicted molar refractivity (Wildman–Crippen MR) is 118 cm³/mol. The number of rotatable bonds is 8. The molecule has 3 aromatic rings.